The van der Waals surface area contributed by atoms with Gasteiger partial charge in [-0.05, 0) is 26.2 Å². The number of carbonyl (C=O) groups excluding carboxylic acids is 3. The largest absolute Gasteiger partial charge is 0.465 e. The predicted octanol–water partition coefficient (Wildman–Crippen LogP) is 0.163. The van der Waals surface area contributed by atoms with Crippen molar-refractivity contribution in [2.75, 3.05) is 26.2 Å². The van der Waals surface area contributed by atoms with Crippen molar-refractivity contribution in [1.29, 1.82) is 0 Å². The lowest BCUT2D eigenvalue weighted by atomic mass is 10.4. The predicted molar refractivity (Wildman–Crippen MR) is 67.2 cm³/mol. The maximum atomic E-state index is 12.2. The fourth-order valence-electron chi connectivity index (χ4n) is 2.28. The van der Waals surface area contributed by atoms with E-state index in [0.717, 1.165) is 19.3 Å². The van der Waals surface area contributed by atoms with Crippen LogP contribution in [0.3, 0.4) is 0 Å². The van der Waals surface area contributed by atoms with E-state index in [0.29, 0.717) is 19.6 Å². The van der Waals surface area contributed by atoms with E-state index in [1.165, 1.54) is 0 Å². The molecule has 2 aliphatic rings. The molecule has 1 aliphatic heterocycles. The Kier molecular flexibility index (Phi) is 4.39. The zero-order valence-corrected chi connectivity index (χ0v) is 11.3. The van der Waals surface area contributed by atoms with Crippen LogP contribution in [-0.4, -0.2) is 59.9 Å². The molecular weight excluding hydrogens is 248 g/mol. The number of hydrogen-bond donors (Lipinski definition) is 0. The summed E-state index contributed by atoms with van der Waals surface area (Å²) in [6.45, 7) is 2.79. The van der Waals surface area contributed by atoms with Crippen LogP contribution in [0, 0.1) is 0 Å². The van der Waals surface area contributed by atoms with Gasteiger partial charge in [0.2, 0.25) is 11.8 Å². The molecule has 106 valence electrons. The summed E-state index contributed by atoms with van der Waals surface area (Å²) in [5.74, 6) is -0.499. The van der Waals surface area contributed by atoms with Crippen LogP contribution in [0.15, 0.2) is 0 Å². The third kappa shape index (κ3) is 3.68. The molecule has 6 nitrogen and oxygen atoms in total. The van der Waals surface area contributed by atoms with Gasteiger partial charge in [-0.25, -0.2) is 0 Å². The maximum absolute atomic E-state index is 12.2. The lowest BCUT2D eigenvalue weighted by Gasteiger charge is -2.24. The van der Waals surface area contributed by atoms with Gasteiger partial charge in [-0.2, -0.15) is 0 Å². The van der Waals surface area contributed by atoms with Gasteiger partial charge in [0.15, 0.2) is 0 Å². The van der Waals surface area contributed by atoms with Crippen molar-refractivity contribution in [3.8, 4) is 0 Å². The Morgan fingerprint density at radius 1 is 1.42 bits per heavy atom. The molecule has 6 heteroatoms. The van der Waals surface area contributed by atoms with Crippen LogP contribution in [0.2, 0.25) is 0 Å². The van der Waals surface area contributed by atoms with Gasteiger partial charge in [0.05, 0.1) is 13.2 Å². The van der Waals surface area contributed by atoms with E-state index in [1.807, 2.05) is 0 Å². The summed E-state index contributed by atoms with van der Waals surface area (Å²) in [5.41, 5.74) is 0. The summed E-state index contributed by atoms with van der Waals surface area (Å²) in [6, 6.07) is 0.148. The highest BCUT2D eigenvalue weighted by Crippen LogP contribution is 2.27. The minimum absolute atomic E-state index is 0.000625. The monoisotopic (exact) mass is 268 g/mol. The number of nitrogens with zero attached hydrogens (tertiary/aromatic N) is 2. The molecule has 0 atom stereocenters. The standard InChI is InChI=1S/C13H20N2O4/c1-2-19-13(18)9-15(10-5-6-10)12(17)8-14-7-3-4-11(14)16/h10H,2-9H2,1H3. The summed E-state index contributed by atoms with van der Waals surface area (Å²) in [5, 5.41) is 0. The molecule has 1 saturated carbocycles. The summed E-state index contributed by atoms with van der Waals surface area (Å²) < 4.78 is 4.88. The van der Waals surface area contributed by atoms with Crippen LogP contribution in [0.4, 0.5) is 0 Å². The van der Waals surface area contributed by atoms with Crippen molar-refractivity contribution in [3.63, 3.8) is 0 Å². The van der Waals surface area contributed by atoms with Crippen molar-refractivity contribution in [2.24, 2.45) is 0 Å². The molecule has 0 aromatic heterocycles. The van der Waals surface area contributed by atoms with Crippen molar-refractivity contribution in [2.45, 2.75) is 38.6 Å². The van der Waals surface area contributed by atoms with Gasteiger partial charge in [-0.15, -0.1) is 0 Å². The first-order valence-corrected chi connectivity index (χ1v) is 6.84. The number of likely N-dealkylation sites (tertiary alicyclic amines) is 1. The highest BCUT2D eigenvalue weighted by Gasteiger charge is 2.35. The third-order valence-corrected chi connectivity index (χ3v) is 3.41. The number of hydrogen-bond acceptors (Lipinski definition) is 4. The second-order valence-electron chi connectivity index (χ2n) is 4.98. The Morgan fingerprint density at radius 2 is 2.16 bits per heavy atom. The Bertz CT molecular complexity index is 379. The molecule has 2 amide bonds. The molecule has 0 aromatic rings. The molecular formula is C13H20N2O4. The molecule has 0 aromatic carbocycles. The van der Waals surface area contributed by atoms with Gasteiger partial charge in [0.1, 0.15) is 6.54 Å². The average Bonchev–Trinajstić information content (AvgIpc) is 3.12. The number of ether oxygens (including phenoxy) is 1. The smallest absolute Gasteiger partial charge is 0.325 e. The minimum Gasteiger partial charge on any atom is -0.465 e. The molecule has 0 bridgehead atoms. The van der Waals surface area contributed by atoms with Crippen LogP contribution in [0.5, 0.6) is 0 Å². The molecule has 2 rings (SSSR count). The van der Waals surface area contributed by atoms with E-state index in [9.17, 15) is 14.4 Å². The van der Waals surface area contributed by atoms with Gasteiger partial charge >= 0.3 is 5.97 Å². The minimum atomic E-state index is -0.379. The van der Waals surface area contributed by atoms with Crippen molar-refractivity contribution >= 4 is 17.8 Å². The van der Waals surface area contributed by atoms with Crippen molar-refractivity contribution in [3.05, 3.63) is 0 Å². The zero-order valence-electron chi connectivity index (χ0n) is 11.3. The number of esters is 1. The van der Waals surface area contributed by atoms with E-state index in [4.69, 9.17) is 4.74 Å². The van der Waals surface area contributed by atoms with Crippen molar-refractivity contribution in [1.82, 2.24) is 9.80 Å². The van der Waals surface area contributed by atoms with Gasteiger partial charge in [0.25, 0.3) is 0 Å². The third-order valence-electron chi connectivity index (χ3n) is 3.41. The van der Waals surface area contributed by atoms with Gasteiger partial charge in [-0.1, -0.05) is 0 Å². The molecule has 1 saturated heterocycles. The molecule has 0 N–H and O–H groups in total. The summed E-state index contributed by atoms with van der Waals surface area (Å²) in [6.07, 6.45) is 3.19. The first-order valence-electron chi connectivity index (χ1n) is 6.84. The van der Waals surface area contributed by atoms with E-state index in [1.54, 1.807) is 16.7 Å². The first kappa shape index (κ1) is 13.8. The lowest BCUT2D eigenvalue weighted by Crippen LogP contribution is -2.44. The molecule has 0 unspecified atom stereocenters. The fourth-order valence-corrected chi connectivity index (χ4v) is 2.28. The van der Waals surface area contributed by atoms with Crippen LogP contribution in [0.25, 0.3) is 0 Å². The van der Waals surface area contributed by atoms with E-state index in [-0.39, 0.29) is 36.9 Å². The van der Waals surface area contributed by atoms with E-state index in [2.05, 4.69) is 0 Å². The lowest BCUT2D eigenvalue weighted by molar-refractivity contribution is -0.150. The number of rotatable bonds is 6. The summed E-state index contributed by atoms with van der Waals surface area (Å²) in [7, 11) is 0. The molecule has 1 heterocycles. The Labute approximate surface area is 112 Å². The van der Waals surface area contributed by atoms with Gasteiger partial charge in [0, 0.05) is 19.0 Å². The highest BCUT2D eigenvalue weighted by atomic mass is 16.5. The topological polar surface area (TPSA) is 66.9 Å². The molecule has 19 heavy (non-hydrogen) atoms. The molecule has 2 fully saturated rings. The SMILES string of the molecule is CCOC(=O)CN(C(=O)CN1CCCC1=O)C1CC1. The van der Waals surface area contributed by atoms with Gasteiger partial charge in [-0.3, -0.25) is 14.4 Å². The van der Waals surface area contributed by atoms with E-state index < -0.39 is 0 Å². The van der Waals surface area contributed by atoms with E-state index >= 15 is 0 Å². The molecule has 0 spiro atoms. The van der Waals surface area contributed by atoms with Crippen LogP contribution < -0.4 is 0 Å². The zero-order chi connectivity index (χ0) is 13.8. The average molecular weight is 268 g/mol. The van der Waals surface area contributed by atoms with Crippen LogP contribution >= 0.6 is 0 Å². The summed E-state index contributed by atoms with van der Waals surface area (Å²) in [4.78, 5) is 38.3. The Hall–Kier alpha value is -1.59. The van der Waals surface area contributed by atoms with Crippen molar-refractivity contribution < 1.29 is 19.1 Å². The quantitative estimate of drug-likeness (QED) is 0.644. The van der Waals surface area contributed by atoms with Crippen LogP contribution in [0.1, 0.15) is 32.6 Å². The van der Waals surface area contributed by atoms with Crippen LogP contribution in [-0.2, 0) is 19.1 Å². The first-order chi connectivity index (χ1) is 9.11. The number of amides is 2. The highest BCUT2D eigenvalue weighted by molar-refractivity contribution is 5.88. The second kappa shape index (κ2) is 6.04. The fraction of sp³-hybridized carbons (Fsp3) is 0.769. The summed E-state index contributed by atoms with van der Waals surface area (Å²) >= 11 is 0. The molecule has 0 radical (unpaired) electrons. The molecule has 1 aliphatic carbocycles. The number of carbonyl (C=O) groups is 3. The maximum Gasteiger partial charge on any atom is 0.325 e. The Morgan fingerprint density at radius 3 is 2.68 bits per heavy atom. The Balaban J connectivity index is 1.89. The second-order valence-corrected chi connectivity index (χ2v) is 4.98. The van der Waals surface area contributed by atoms with Gasteiger partial charge < -0.3 is 14.5 Å². The normalized spacial score (nSPS) is 18.6.